The number of amides is 2. The quantitative estimate of drug-likeness (QED) is 0.783. The molecule has 1 heterocycles. The van der Waals surface area contributed by atoms with Gasteiger partial charge >= 0.3 is 6.03 Å². The van der Waals surface area contributed by atoms with Gasteiger partial charge in [-0.2, -0.15) is 0 Å². The van der Waals surface area contributed by atoms with Crippen LogP contribution >= 0.6 is 35.6 Å². The van der Waals surface area contributed by atoms with E-state index in [4.69, 9.17) is 27.9 Å². The summed E-state index contributed by atoms with van der Waals surface area (Å²) in [4.78, 5) is 16.4. The molecule has 1 aliphatic heterocycles. The molecule has 0 bridgehead atoms. The average molecular weight is 417 g/mol. The molecule has 2 amide bonds. The minimum atomic E-state index is -0.141. The highest BCUT2D eigenvalue weighted by Gasteiger charge is 2.23. The number of rotatable bonds is 3. The number of halogens is 3. The number of anilines is 2. The zero-order chi connectivity index (χ0) is 17.8. The van der Waals surface area contributed by atoms with Crippen LogP contribution in [0.5, 0.6) is 5.75 Å². The first-order valence-corrected chi connectivity index (χ1v) is 8.73. The maximum Gasteiger partial charge on any atom is 0.321 e. The molecule has 1 fully saturated rings. The minimum absolute atomic E-state index is 0. The number of carbonyl (C=O) groups excluding carboxylic acids is 1. The van der Waals surface area contributed by atoms with Crippen molar-refractivity contribution >= 4 is 53.0 Å². The molecule has 140 valence electrons. The molecular formula is C18H20Cl3N3O2. The number of ether oxygens (including phenoxy) is 1. The molecule has 0 aromatic heterocycles. The summed E-state index contributed by atoms with van der Waals surface area (Å²) in [5.74, 6) is 0.844. The molecule has 0 saturated carbocycles. The van der Waals surface area contributed by atoms with Crippen LogP contribution in [0.25, 0.3) is 0 Å². The fourth-order valence-electron chi connectivity index (χ4n) is 2.82. The Bertz CT molecular complexity index is 765. The first-order valence-electron chi connectivity index (χ1n) is 7.97. The van der Waals surface area contributed by atoms with E-state index in [9.17, 15) is 4.79 Å². The van der Waals surface area contributed by atoms with Gasteiger partial charge in [0.2, 0.25) is 0 Å². The van der Waals surface area contributed by atoms with Gasteiger partial charge in [-0.3, -0.25) is 0 Å². The molecule has 0 spiro atoms. The number of urea groups is 1. The first kappa shape index (κ1) is 20.5. The number of hydrogen-bond donors (Lipinski definition) is 1. The summed E-state index contributed by atoms with van der Waals surface area (Å²) in [6.45, 7) is 2.75. The van der Waals surface area contributed by atoms with Crippen LogP contribution in [-0.2, 0) is 0 Å². The van der Waals surface area contributed by atoms with Crippen molar-refractivity contribution < 1.29 is 9.53 Å². The fourth-order valence-corrected chi connectivity index (χ4v) is 3.12. The van der Waals surface area contributed by atoms with Crippen molar-refractivity contribution in [2.45, 2.75) is 0 Å². The first-order chi connectivity index (χ1) is 12.1. The number of piperazine rings is 1. The van der Waals surface area contributed by atoms with Crippen LogP contribution in [0, 0.1) is 0 Å². The molecule has 8 heteroatoms. The third-order valence-electron chi connectivity index (χ3n) is 4.16. The third kappa shape index (κ3) is 4.67. The molecule has 2 aromatic rings. The Labute approximate surface area is 169 Å². The van der Waals surface area contributed by atoms with Crippen molar-refractivity contribution in [3.05, 3.63) is 52.5 Å². The van der Waals surface area contributed by atoms with E-state index < -0.39 is 0 Å². The van der Waals surface area contributed by atoms with Gasteiger partial charge in [0.15, 0.2) is 0 Å². The lowest BCUT2D eigenvalue weighted by Crippen LogP contribution is -2.50. The predicted octanol–water partition coefficient (Wildman–Crippen LogP) is 4.78. The van der Waals surface area contributed by atoms with Gasteiger partial charge in [0, 0.05) is 31.9 Å². The lowest BCUT2D eigenvalue weighted by Gasteiger charge is -2.36. The Morgan fingerprint density at radius 2 is 1.73 bits per heavy atom. The molecule has 0 aliphatic carbocycles. The van der Waals surface area contributed by atoms with E-state index in [-0.39, 0.29) is 18.4 Å². The smallest absolute Gasteiger partial charge is 0.321 e. The Balaban J connectivity index is 0.00000243. The second-order valence-electron chi connectivity index (χ2n) is 5.70. The second kappa shape index (κ2) is 9.21. The molecule has 3 rings (SSSR count). The molecule has 0 atom stereocenters. The summed E-state index contributed by atoms with van der Waals surface area (Å²) in [6.07, 6.45) is 0. The van der Waals surface area contributed by atoms with Gasteiger partial charge < -0.3 is 19.9 Å². The van der Waals surface area contributed by atoms with E-state index >= 15 is 0 Å². The molecule has 26 heavy (non-hydrogen) atoms. The summed E-state index contributed by atoms with van der Waals surface area (Å²) in [6, 6.07) is 12.8. The van der Waals surface area contributed by atoms with Crippen molar-refractivity contribution in [1.82, 2.24) is 4.90 Å². The van der Waals surface area contributed by atoms with Crippen LogP contribution in [0.3, 0.4) is 0 Å². The van der Waals surface area contributed by atoms with Crippen LogP contribution in [0.4, 0.5) is 16.2 Å². The molecule has 5 nitrogen and oxygen atoms in total. The molecule has 1 N–H and O–H groups in total. The van der Waals surface area contributed by atoms with Gasteiger partial charge in [0.1, 0.15) is 5.75 Å². The van der Waals surface area contributed by atoms with Crippen LogP contribution in [0.1, 0.15) is 0 Å². The fraction of sp³-hybridized carbons (Fsp3) is 0.278. The lowest BCUT2D eigenvalue weighted by atomic mass is 10.2. The van der Waals surface area contributed by atoms with E-state index in [0.29, 0.717) is 28.8 Å². The zero-order valence-corrected chi connectivity index (χ0v) is 16.6. The van der Waals surface area contributed by atoms with Crippen LogP contribution < -0.4 is 15.0 Å². The SMILES string of the molecule is COc1ccccc1N1CCN(C(=O)Nc2ccc(Cl)c(Cl)c2)CC1.Cl. The predicted molar refractivity (Wildman–Crippen MR) is 110 cm³/mol. The minimum Gasteiger partial charge on any atom is -0.495 e. The van der Waals surface area contributed by atoms with Gasteiger partial charge in [0.25, 0.3) is 0 Å². The maximum atomic E-state index is 12.4. The van der Waals surface area contributed by atoms with Crippen molar-refractivity contribution in [2.24, 2.45) is 0 Å². The highest BCUT2D eigenvalue weighted by molar-refractivity contribution is 6.42. The summed E-state index contributed by atoms with van der Waals surface area (Å²) in [7, 11) is 1.67. The monoisotopic (exact) mass is 415 g/mol. The van der Waals surface area contributed by atoms with Gasteiger partial charge in [0.05, 0.1) is 22.8 Å². The lowest BCUT2D eigenvalue weighted by molar-refractivity contribution is 0.208. The molecule has 1 aliphatic rings. The molecule has 0 radical (unpaired) electrons. The van der Waals surface area contributed by atoms with E-state index in [1.54, 1.807) is 30.2 Å². The Morgan fingerprint density at radius 3 is 2.38 bits per heavy atom. The topological polar surface area (TPSA) is 44.8 Å². The van der Waals surface area contributed by atoms with Crippen molar-refractivity contribution in [3.8, 4) is 5.75 Å². The third-order valence-corrected chi connectivity index (χ3v) is 4.90. The van der Waals surface area contributed by atoms with E-state index in [1.807, 2.05) is 24.3 Å². The largest absolute Gasteiger partial charge is 0.495 e. The average Bonchev–Trinajstić information content (AvgIpc) is 2.65. The summed E-state index contributed by atoms with van der Waals surface area (Å²) in [5.41, 5.74) is 1.68. The van der Waals surface area contributed by atoms with E-state index in [0.717, 1.165) is 24.5 Å². The highest BCUT2D eigenvalue weighted by Crippen LogP contribution is 2.29. The van der Waals surface area contributed by atoms with Crippen LogP contribution in [-0.4, -0.2) is 44.2 Å². The van der Waals surface area contributed by atoms with Gasteiger partial charge in [-0.25, -0.2) is 4.79 Å². The number of benzene rings is 2. The zero-order valence-electron chi connectivity index (χ0n) is 14.2. The summed E-state index contributed by atoms with van der Waals surface area (Å²) >= 11 is 11.9. The van der Waals surface area contributed by atoms with Gasteiger partial charge in [-0.05, 0) is 30.3 Å². The number of nitrogens with zero attached hydrogens (tertiary/aromatic N) is 2. The van der Waals surface area contributed by atoms with Gasteiger partial charge in [-0.1, -0.05) is 35.3 Å². The normalized spacial score (nSPS) is 13.8. The van der Waals surface area contributed by atoms with Gasteiger partial charge in [-0.15, -0.1) is 12.4 Å². The molecule has 0 unspecified atom stereocenters. The number of carbonyl (C=O) groups is 1. The van der Waals surface area contributed by atoms with Crippen LogP contribution in [0.15, 0.2) is 42.5 Å². The molecule has 2 aromatic carbocycles. The number of methoxy groups -OCH3 is 1. The Kier molecular flexibility index (Phi) is 7.26. The molecular weight excluding hydrogens is 397 g/mol. The van der Waals surface area contributed by atoms with Crippen LogP contribution in [0.2, 0.25) is 10.0 Å². The van der Waals surface area contributed by atoms with E-state index in [1.165, 1.54) is 0 Å². The standard InChI is InChI=1S/C18H19Cl2N3O2.ClH/c1-25-17-5-3-2-4-16(17)22-8-10-23(11-9-22)18(24)21-13-6-7-14(19)15(20)12-13;/h2-7,12H,8-11H2,1H3,(H,21,24);1H. The second-order valence-corrected chi connectivity index (χ2v) is 6.52. The number of hydrogen-bond acceptors (Lipinski definition) is 3. The highest BCUT2D eigenvalue weighted by atomic mass is 35.5. The molecule has 1 saturated heterocycles. The summed E-state index contributed by atoms with van der Waals surface area (Å²) < 4.78 is 5.41. The summed E-state index contributed by atoms with van der Waals surface area (Å²) in [5, 5.41) is 3.74. The number of nitrogens with one attached hydrogen (secondary N) is 1. The Hall–Kier alpha value is -1.82. The van der Waals surface area contributed by atoms with Crippen molar-refractivity contribution in [1.29, 1.82) is 0 Å². The Morgan fingerprint density at radius 1 is 1.04 bits per heavy atom. The number of para-hydroxylation sites is 2. The van der Waals surface area contributed by atoms with E-state index in [2.05, 4.69) is 10.2 Å². The van der Waals surface area contributed by atoms with Crippen molar-refractivity contribution in [3.63, 3.8) is 0 Å². The maximum absolute atomic E-state index is 12.4. The van der Waals surface area contributed by atoms with Crippen molar-refractivity contribution in [2.75, 3.05) is 43.5 Å².